The number of halogens is 1. The first-order valence-electron chi connectivity index (χ1n) is 7.22. The number of benzene rings is 1. The molecule has 0 bridgehead atoms. The maximum atomic E-state index is 10.7. The van der Waals surface area contributed by atoms with E-state index in [0.717, 1.165) is 16.8 Å². The van der Waals surface area contributed by atoms with E-state index in [0.29, 0.717) is 19.1 Å². The fraction of sp³-hybridized carbons (Fsp3) is 0.529. The summed E-state index contributed by atoms with van der Waals surface area (Å²) in [6, 6.07) is 7.98. The molecule has 2 rings (SSSR count). The third-order valence-electron chi connectivity index (χ3n) is 4.17. The van der Waals surface area contributed by atoms with Crippen LogP contribution in [0.4, 0.5) is 0 Å². The van der Waals surface area contributed by atoms with Gasteiger partial charge >= 0.3 is 0 Å². The van der Waals surface area contributed by atoms with Gasteiger partial charge in [0.05, 0.1) is 0 Å². The summed E-state index contributed by atoms with van der Waals surface area (Å²) in [5.41, 5.74) is -0.908. The van der Waals surface area contributed by atoms with Crippen LogP contribution < -0.4 is 4.74 Å². The van der Waals surface area contributed by atoms with Crippen molar-refractivity contribution < 1.29 is 9.84 Å². The minimum Gasteiger partial charge on any atom is -0.481 e. The third-order valence-corrected chi connectivity index (χ3v) is 4.69. The maximum absolute atomic E-state index is 10.7. The van der Waals surface area contributed by atoms with Crippen LogP contribution in [0.3, 0.4) is 0 Å². The zero-order valence-corrected chi connectivity index (χ0v) is 14.4. The lowest BCUT2D eigenvalue weighted by atomic mass is 9.80. The Morgan fingerprint density at radius 3 is 2.71 bits per heavy atom. The van der Waals surface area contributed by atoms with E-state index in [9.17, 15) is 5.11 Å². The maximum Gasteiger partial charge on any atom is 0.149 e. The van der Waals surface area contributed by atoms with Gasteiger partial charge in [-0.1, -0.05) is 34.7 Å². The number of hydrogen-bond acceptors (Lipinski definition) is 3. The standard InChI is InChI=1S/C17H22BrNO2/c1-13-12-19(3)14(2)11-17(13,20)9-4-10-21-16-7-5-15(18)6-8-16/h5-8,13-14,20H,10-12H2,1-3H3. The smallest absolute Gasteiger partial charge is 0.149 e. The van der Waals surface area contributed by atoms with Crippen LogP contribution >= 0.6 is 15.9 Å². The van der Waals surface area contributed by atoms with Crippen LogP contribution in [0.2, 0.25) is 0 Å². The first-order chi connectivity index (χ1) is 9.90. The number of likely N-dealkylation sites (tertiary alicyclic amines) is 1. The molecule has 3 nitrogen and oxygen atoms in total. The SMILES string of the molecule is CC1CC(O)(C#CCOc2ccc(Br)cc2)C(C)CN1C. The van der Waals surface area contributed by atoms with E-state index in [1.54, 1.807) is 0 Å². The molecule has 1 fully saturated rings. The molecular weight excluding hydrogens is 330 g/mol. The highest BCUT2D eigenvalue weighted by molar-refractivity contribution is 9.10. The summed E-state index contributed by atoms with van der Waals surface area (Å²) in [4.78, 5) is 2.26. The molecule has 0 saturated carbocycles. The van der Waals surface area contributed by atoms with Crippen molar-refractivity contribution in [2.45, 2.75) is 31.9 Å². The number of aliphatic hydroxyl groups is 1. The first-order valence-corrected chi connectivity index (χ1v) is 8.01. The second kappa shape index (κ2) is 6.83. The number of piperidine rings is 1. The van der Waals surface area contributed by atoms with Crippen LogP contribution in [0, 0.1) is 17.8 Å². The first kappa shape index (κ1) is 16.4. The summed E-state index contributed by atoms with van der Waals surface area (Å²) in [5, 5.41) is 10.7. The molecule has 1 aliphatic heterocycles. The quantitative estimate of drug-likeness (QED) is 0.831. The molecule has 1 aliphatic rings. The predicted octanol–water partition coefficient (Wildman–Crippen LogP) is 2.92. The molecule has 1 heterocycles. The van der Waals surface area contributed by atoms with Crippen molar-refractivity contribution in [1.82, 2.24) is 4.90 Å². The number of nitrogens with zero attached hydrogens (tertiary/aromatic N) is 1. The lowest BCUT2D eigenvalue weighted by Gasteiger charge is -2.42. The average molecular weight is 352 g/mol. The lowest BCUT2D eigenvalue weighted by molar-refractivity contribution is -0.0347. The molecule has 0 spiro atoms. The van der Waals surface area contributed by atoms with Gasteiger partial charge in [0.15, 0.2) is 0 Å². The Morgan fingerprint density at radius 1 is 1.38 bits per heavy atom. The molecule has 1 aromatic carbocycles. The van der Waals surface area contributed by atoms with Crippen LogP contribution in [0.25, 0.3) is 0 Å². The number of ether oxygens (including phenoxy) is 1. The largest absolute Gasteiger partial charge is 0.481 e. The van der Waals surface area contributed by atoms with Crippen LogP contribution in [0.5, 0.6) is 5.75 Å². The molecule has 114 valence electrons. The summed E-state index contributed by atoms with van der Waals surface area (Å²) in [6.45, 7) is 5.32. The Balaban J connectivity index is 1.93. The van der Waals surface area contributed by atoms with Gasteiger partial charge in [-0.05, 0) is 38.2 Å². The van der Waals surface area contributed by atoms with Gasteiger partial charge in [-0.15, -0.1) is 0 Å². The molecule has 21 heavy (non-hydrogen) atoms. The molecule has 0 radical (unpaired) electrons. The summed E-state index contributed by atoms with van der Waals surface area (Å²) in [7, 11) is 2.09. The fourth-order valence-electron chi connectivity index (χ4n) is 2.58. The highest BCUT2D eigenvalue weighted by atomic mass is 79.9. The van der Waals surface area contributed by atoms with Crippen LogP contribution in [-0.4, -0.2) is 41.8 Å². The summed E-state index contributed by atoms with van der Waals surface area (Å²) < 4.78 is 6.58. The third kappa shape index (κ3) is 4.23. The Kier molecular flexibility index (Phi) is 5.32. The van der Waals surface area contributed by atoms with Gasteiger partial charge in [0.2, 0.25) is 0 Å². The summed E-state index contributed by atoms with van der Waals surface area (Å²) in [5.74, 6) is 6.92. The zero-order valence-electron chi connectivity index (χ0n) is 12.8. The Morgan fingerprint density at radius 2 is 2.05 bits per heavy atom. The topological polar surface area (TPSA) is 32.7 Å². The summed E-state index contributed by atoms with van der Waals surface area (Å²) in [6.07, 6.45) is 0.677. The normalized spacial score (nSPS) is 29.6. The second-order valence-corrected chi connectivity index (χ2v) is 6.78. The van der Waals surface area contributed by atoms with Crippen LogP contribution in [-0.2, 0) is 0 Å². The summed E-state index contributed by atoms with van der Waals surface area (Å²) >= 11 is 3.38. The van der Waals surface area contributed by atoms with Crippen molar-refractivity contribution in [2.24, 2.45) is 5.92 Å². The molecule has 3 unspecified atom stereocenters. The minimum atomic E-state index is -0.908. The van der Waals surface area contributed by atoms with Crippen LogP contribution in [0.1, 0.15) is 20.3 Å². The van der Waals surface area contributed by atoms with Crippen molar-refractivity contribution in [3.8, 4) is 17.6 Å². The Hall–Kier alpha value is -1.02. The molecule has 1 aromatic rings. The molecule has 0 amide bonds. The van der Waals surface area contributed by atoms with Crippen molar-refractivity contribution in [3.05, 3.63) is 28.7 Å². The number of hydrogen-bond donors (Lipinski definition) is 1. The second-order valence-electron chi connectivity index (χ2n) is 5.86. The van der Waals surface area contributed by atoms with Gasteiger partial charge in [0, 0.05) is 29.4 Å². The highest BCUT2D eigenvalue weighted by Crippen LogP contribution is 2.30. The van der Waals surface area contributed by atoms with Crippen molar-refractivity contribution in [2.75, 3.05) is 20.2 Å². The molecular formula is C17H22BrNO2. The fourth-order valence-corrected chi connectivity index (χ4v) is 2.85. The van der Waals surface area contributed by atoms with Crippen LogP contribution in [0.15, 0.2) is 28.7 Å². The molecule has 0 aromatic heterocycles. The van der Waals surface area contributed by atoms with Gasteiger partial charge < -0.3 is 14.7 Å². The minimum absolute atomic E-state index is 0.138. The van der Waals surface area contributed by atoms with E-state index in [1.807, 2.05) is 31.2 Å². The van der Waals surface area contributed by atoms with E-state index in [4.69, 9.17) is 4.74 Å². The molecule has 4 heteroatoms. The van der Waals surface area contributed by atoms with E-state index in [2.05, 4.69) is 46.6 Å². The van der Waals surface area contributed by atoms with E-state index in [1.165, 1.54) is 0 Å². The predicted molar refractivity (Wildman–Crippen MR) is 88.2 cm³/mol. The van der Waals surface area contributed by atoms with Gasteiger partial charge in [0.1, 0.15) is 18.0 Å². The molecule has 0 aliphatic carbocycles. The van der Waals surface area contributed by atoms with E-state index in [-0.39, 0.29) is 5.92 Å². The van der Waals surface area contributed by atoms with Crippen molar-refractivity contribution in [1.29, 1.82) is 0 Å². The highest BCUT2D eigenvalue weighted by Gasteiger charge is 2.39. The Labute approximate surface area is 135 Å². The van der Waals surface area contributed by atoms with Crippen molar-refractivity contribution >= 4 is 15.9 Å². The monoisotopic (exact) mass is 351 g/mol. The molecule has 3 atom stereocenters. The molecule has 1 N–H and O–H groups in total. The van der Waals surface area contributed by atoms with Gasteiger partial charge in [-0.25, -0.2) is 0 Å². The van der Waals surface area contributed by atoms with Gasteiger partial charge in [-0.3, -0.25) is 0 Å². The number of rotatable bonds is 2. The zero-order chi connectivity index (χ0) is 15.5. The van der Waals surface area contributed by atoms with Gasteiger partial charge in [-0.2, -0.15) is 0 Å². The average Bonchev–Trinajstić information content (AvgIpc) is 2.44. The van der Waals surface area contributed by atoms with Gasteiger partial charge in [0.25, 0.3) is 0 Å². The van der Waals surface area contributed by atoms with E-state index >= 15 is 0 Å². The van der Waals surface area contributed by atoms with E-state index < -0.39 is 5.60 Å². The Bertz CT molecular complexity index is 534. The van der Waals surface area contributed by atoms with Crippen molar-refractivity contribution in [3.63, 3.8) is 0 Å². The lowest BCUT2D eigenvalue weighted by Crippen LogP contribution is -2.52. The molecule has 1 saturated heterocycles.